The van der Waals surface area contributed by atoms with Crippen LogP contribution in [0.15, 0.2) is 22.7 Å². The minimum Gasteiger partial charge on any atom is -0.332 e. The second kappa shape index (κ2) is 5.44. The van der Waals surface area contributed by atoms with Crippen molar-refractivity contribution < 1.29 is 4.79 Å². The first-order valence-corrected chi connectivity index (χ1v) is 7.88. The molecule has 1 aliphatic carbocycles. The monoisotopic (exact) mass is 394 g/mol. The minimum atomic E-state index is -0.999. The molecule has 0 radical (unpaired) electrons. The lowest BCUT2D eigenvalue weighted by Crippen LogP contribution is -2.40. The van der Waals surface area contributed by atoms with Crippen LogP contribution in [-0.2, 0) is 4.79 Å². The molecule has 0 aromatic heterocycles. The van der Waals surface area contributed by atoms with Crippen LogP contribution < -0.4 is 10.6 Å². The molecule has 1 aromatic carbocycles. The van der Waals surface area contributed by atoms with Gasteiger partial charge < -0.3 is 10.6 Å². The summed E-state index contributed by atoms with van der Waals surface area (Å²) in [4.78, 5) is 12.0. The molecule has 0 heterocycles. The van der Waals surface area contributed by atoms with Gasteiger partial charge in [0.15, 0.2) is 5.11 Å². The molecular weight excluding hydrogens is 383 g/mol. The quantitative estimate of drug-likeness (QED) is 0.583. The summed E-state index contributed by atoms with van der Waals surface area (Å²) >= 11 is 20.5. The SMILES string of the molecule is Cc1cc(NC(=S)NC(=O)[C@]2(C)CC2(Cl)Cl)ccc1Br. The summed E-state index contributed by atoms with van der Waals surface area (Å²) in [5, 5.41) is 5.81. The van der Waals surface area contributed by atoms with Crippen molar-refractivity contribution in [2.75, 3.05) is 5.32 Å². The molecule has 3 nitrogen and oxygen atoms in total. The van der Waals surface area contributed by atoms with Crippen molar-refractivity contribution in [1.82, 2.24) is 5.32 Å². The number of anilines is 1. The maximum Gasteiger partial charge on any atom is 0.235 e. The molecule has 0 bridgehead atoms. The molecule has 108 valence electrons. The number of amides is 1. The van der Waals surface area contributed by atoms with Gasteiger partial charge in [-0.2, -0.15) is 0 Å². The number of aryl methyl sites for hydroxylation is 1. The Morgan fingerprint density at radius 3 is 2.55 bits per heavy atom. The van der Waals surface area contributed by atoms with E-state index in [0.29, 0.717) is 6.42 Å². The van der Waals surface area contributed by atoms with E-state index in [4.69, 9.17) is 35.4 Å². The van der Waals surface area contributed by atoms with Crippen LogP contribution >= 0.6 is 51.3 Å². The molecule has 1 aromatic rings. The van der Waals surface area contributed by atoms with E-state index < -0.39 is 9.75 Å². The van der Waals surface area contributed by atoms with E-state index in [2.05, 4.69) is 26.6 Å². The first-order valence-electron chi connectivity index (χ1n) is 5.92. The Morgan fingerprint density at radius 2 is 2.05 bits per heavy atom. The van der Waals surface area contributed by atoms with Crippen molar-refractivity contribution >= 4 is 68.1 Å². The Bertz CT molecular complexity index is 594. The summed E-state index contributed by atoms with van der Waals surface area (Å²) in [5.74, 6) is -0.270. The van der Waals surface area contributed by atoms with Gasteiger partial charge in [0.1, 0.15) is 4.33 Å². The van der Waals surface area contributed by atoms with E-state index in [9.17, 15) is 4.79 Å². The van der Waals surface area contributed by atoms with Crippen molar-refractivity contribution in [3.05, 3.63) is 28.2 Å². The van der Waals surface area contributed by atoms with Crippen molar-refractivity contribution in [2.24, 2.45) is 5.41 Å². The molecule has 1 aliphatic rings. The van der Waals surface area contributed by atoms with E-state index in [1.807, 2.05) is 25.1 Å². The summed E-state index contributed by atoms with van der Waals surface area (Å²) in [6.45, 7) is 3.69. The van der Waals surface area contributed by atoms with E-state index in [1.54, 1.807) is 6.92 Å². The Hall–Kier alpha value is -0.360. The summed E-state index contributed by atoms with van der Waals surface area (Å²) in [7, 11) is 0. The highest BCUT2D eigenvalue weighted by Crippen LogP contribution is 2.63. The predicted octanol–water partition coefficient (Wildman–Crippen LogP) is 4.15. The Balaban J connectivity index is 1.96. The van der Waals surface area contributed by atoms with Gasteiger partial charge in [-0.25, -0.2) is 0 Å². The highest BCUT2D eigenvalue weighted by atomic mass is 79.9. The van der Waals surface area contributed by atoms with Gasteiger partial charge in [0, 0.05) is 10.2 Å². The van der Waals surface area contributed by atoms with Crippen LogP contribution in [0, 0.1) is 12.3 Å². The second-order valence-electron chi connectivity index (χ2n) is 5.09. The fourth-order valence-electron chi connectivity index (χ4n) is 1.77. The van der Waals surface area contributed by atoms with Crippen LogP contribution in [0.5, 0.6) is 0 Å². The lowest BCUT2D eigenvalue weighted by Gasteiger charge is -2.14. The minimum absolute atomic E-state index is 0.231. The van der Waals surface area contributed by atoms with E-state index in [0.717, 1.165) is 15.7 Å². The van der Waals surface area contributed by atoms with Gasteiger partial charge in [-0.05, 0) is 56.2 Å². The van der Waals surface area contributed by atoms with Crippen molar-refractivity contribution in [3.63, 3.8) is 0 Å². The molecular formula is C13H13BrCl2N2OS. The number of thiocarbonyl (C=S) groups is 1. The second-order valence-corrected chi connectivity index (χ2v) is 7.83. The van der Waals surface area contributed by atoms with E-state index in [-0.39, 0.29) is 11.0 Å². The zero-order valence-electron chi connectivity index (χ0n) is 10.9. The van der Waals surface area contributed by atoms with Gasteiger partial charge in [-0.1, -0.05) is 15.9 Å². The van der Waals surface area contributed by atoms with Gasteiger partial charge >= 0.3 is 0 Å². The first kappa shape index (κ1) is 16.0. The average molecular weight is 396 g/mol. The van der Waals surface area contributed by atoms with Gasteiger partial charge in [0.05, 0.1) is 5.41 Å². The molecule has 1 atom stereocenters. The Morgan fingerprint density at radius 1 is 1.45 bits per heavy atom. The predicted molar refractivity (Wildman–Crippen MR) is 90.4 cm³/mol. The third kappa shape index (κ3) is 3.11. The van der Waals surface area contributed by atoms with Gasteiger partial charge in [-0.15, -0.1) is 23.2 Å². The summed E-state index contributed by atoms with van der Waals surface area (Å²) in [5.41, 5.74) is 1.09. The number of benzene rings is 1. The number of halogens is 3. The van der Waals surface area contributed by atoms with E-state index >= 15 is 0 Å². The fourth-order valence-corrected chi connectivity index (χ4v) is 2.94. The number of alkyl halides is 2. The number of nitrogens with one attached hydrogen (secondary N) is 2. The standard InChI is InChI=1S/C13H13BrCl2N2OS/c1-7-5-8(3-4-9(7)14)17-11(20)18-10(19)12(2)6-13(12,15)16/h3-5H,6H2,1-2H3,(H2,17,18,19,20)/t12-/m0/s1. The van der Waals surface area contributed by atoms with Gasteiger partial charge in [-0.3, -0.25) is 4.79 Å². The topological polar surface area (TPSA) is 41.1 Å². The largest absolute Gasteiger partial charge is 0.332 e. The maximum atomic E-state index is 12.0. The Kier molecular flexibility index (Phi) is 4.36. The van der Waals surface area contributed by atoms with Crippen LogP contribution in [0.2, 0.25) is 0 Å². The van der Waals surface area contributed by atoms with Crippen LogP contribution in [0.1, 0.15) is 18.9 Å². The highest BCUT2D eigenvalue weighted by Gasteiger charge is 2.68. The Labute approximate surface area is 141 Å². The number of carbonyl (C=O) groups excluding carboxylic acids is 1. The number of carbonyl (C=O) groups is 1. The molecule has 0 unspecified atom stereocenters. The molecule has 20 heavy (non-hydrogen) atoms. The lowest BCUT2D eigenvalue weighted by atomic mass is 10.1. The zero-order chi connectivity index (χ0) is 15.1. The number of hydrogen-bond acceptors (Lipinski definition) is 2. The third-order valence-electron chi connectivity index (χ3n) is 3.40. The van der Waals surface area contributed by atoms with Gasteiger partial charge in [0.25, 0.3) is 0 Å². The highest BCUT2D eigenvalue weighted by molar-refractivity contribution is 9.10. The zero-order valence-corrected chi connectivity index (χ0v) is 14.8. The molecule has 1 amide bonds. The normalized spacial score (nSPS) is 23.1. The first-order chi connectivity index (χ1) is 9.15. The smallest absolute Gasteiger partial charge is 0.235 e. The van der Waals surface area contributed by atoms with Crippen LogP contribution in [0.4, 0.5) is 5.69 Å². The van der Waals surface area contributed by atoms with Crippen molar-refractivity contribution in [3.8, 4) is 0 Å². The van der Waals surface area contributed by atoms with Gasteiger partial charge in [0.2, 0.25) is 5.91 Å². The number of rotatable bonds is 2. The lowest BCUT2D eigenvalue weighted by molar-refractivity contribution is -0.124. The van der Waals surface area contributed by atoms with Crippen LogP contribution in [0.25, 0.3) is 0 Å². The third-order valence-corrected chi connectivity index (χ3v) is 5.60. The fraction of sp³-hybridized carbons (Fsp3) is 0.385. The summed E-state index contributed by atoms with van der Waals surface area (Å²) < 4.78 is 0.0125. The number of hydrogen-bond donors (Lipinski definition) is 2. The van der Waals surface area contributed by atoms with Crippen LogP contribution in [-0.4, -0.2) is 15.4 Å². The molecule has 2 rings (SSSR count). The molecule has 1 fully saturated rings. The summed E-state index contributed by atoms with van der Waals surface area (Å²) in [6.07, 6.45) is 0.426. The maximum absolute atomic E-state index is 12.0. The summed E-state index contributed by atoms with van der Waals surface area (Å²) in [6, 6.07) is 5.70. The molecule has 0 aliphatic heterocycles. The molecule has 0 spiro atoms. The average Bonchev–Trinajstić information content (AvgIpc) is 2.85. The van der Waals surface area contributed by atoms with E-state index in [1.165, 1.54) is 0 Å². The molecule has 0 saturated heterocycles. The van der Waals surface area contributed by atoms with Crippen molar-refractivity contribution in [1.29, 1.82) is 0 Å². The molecule has 2 N–H and O–H groups in total. The van der Waals surface area contributed by atoms with Crippen molar-refractivity contribution in [2.45, 2.75) is 24.6 Å². The molecule has 1 saturated carbocycles. The molecule has 7 heteroatoms. The van der Waals surface area contributed by atoms with Crippen LogP contribution in [0.3, 0.4) is 0 Å².